The molecule has 0 aliphatic carbocycles. The third kappa shape index (κ3) is 3.55. The fraction of sp³-hybridized carbons (Fsp3) is 0.286. The lowest BCUT2D eigenvalue weighted by atomic mass is 10.0. The van der Waals surface area contributed by atoms with E-state index in [9.17, 15) is 8.78 Å². The maximum atomic E-state index is 13.6. The van der Waals surface area contributed by atoms with E-state index in [4.69, 9.17) is 16.0 Å². The lowest BCUT2D eigenvalue weighted by Gasteiger charge is -2.16. The highest BCUT2D eigenvalue weighted by molar-refractivity contribution is 6.28. The first kappa shape index (κ1) is 14.0. The second-order valence-corrected chi connectivity index (χ2v) is 4.56. The molecule has 2 rings (SSSR count). The van der Waals surface area contributed by atoms with Gasteiger partial charge in [-0.15, -0.1) is 0 Å². The van der Waals surface area contributed by atoms with Gasteiger partial charge < -0.3 is 9.73 Å². The minimum absolute atomic E-state index is 0.197. The van der Waals surface area contributed by atoms with Crippen molar-refractivity contribution in [3.8, 4) is 0 Å². The van der Waals surface area contributed by atoms with Gasteiger partial charge in [0.15, 0.2) is 5.22 Å². The van der Waals surface area contributed by atoms with Crippen LogP contribution in [0.15, 0.2) is 34.7 Å². The van der Waals surface area contributed by atoms with Crippen molar-refractivity contribution < 1.29 is 13.2 Å². The average Bonchev–Trinajstić information content (AvgIpc) is 2.78. The fourth-order valence-electron chi connectivity index (χ4n) is 1.94. The van der Waals surface area contributed by atoms with Crippen LogP contribution < -0.4 is 5.32 Å². The van der Waals surface area contributed by atoms with E-state index in [1.807, 2.05) is 6.92 Å². The van der Waals surface area contributed by atoms with Gasteiger partial charge in [0, 0.05) is 6.07 Å². The summed E-state index contributed by atoms with van der Waals surface area (Å²) in [6.07, 6.45) is 0.365. The molecule has 2 aromatic rings. The van der Waals surface area contributed by atoms with Crippen molar-refractivity contribution in [2.24, 2.45) is 0 Å². The Morgan fingerprint density at radius 2 is 2.05 bits per heavy atom. The van der Waals surface area contributed by atoms with Gasteiger partial charge in [-0.25, -0.2) is 8.78 Å². The molecule has 0 bridgehead atoms. The van der Waals surface area contributed by atoms with E-state index in [1.165, 1.54) is 12.1 Å². The smallest absolute Gasteiger partial charge is 0.193 e. The summed E-state index contributed by atoms with van der Waals surface area (Å²) in [5.41, 5.74) is 0.430. The monoisotopic (exact) mass is 285 g/mol. The van der Waals surface area contributed by atoms with Crippen LogP contribution in [0.2, 0.25) is 5.22 Å². The summed E-state index contributed by atoms with van der Waals surface area (Å²) < 4.78 is 31.9. The van der Waals surface area contributed by atoms with Crippen LogP contribution in [0.5, 0.6) is 0 Å². The van der Waals surface area contributed by atoms with Gasteiger partial charge in [-0.05, 0) is 48.3 Å². The predicted octanol–water partition coefficient (Wildman–Crippen LogP) is 4.10. The molecule has 19 heavy (non-hydrogen) atoms. The van der Waals surface area contributed by atoms with E-state index in [2.05, 4.69) is 5.32 Å². The zero-order valence-electron chi connectivity index (χ0n) is 10.4. The van der Waals surface area contributed by atoms with Gasteiger partial charge in [-0.2, -0.15) is 0 Å². The Morgan fingerprint density at radius 3 is 2.63 bits per heavy atom. The summed E-state index contributed by atoms with van der Waals surface area (Å²) >= 11 is 5.74. The van der Waals surface area contributed by atoms with E-state index in [1.54, 1.807) is 12.1 Å². The van der Waals surface area contributed by atoms with E-state index in [0.717, 1.165) is 6.07 Å². The van der Waals surface area contributed by atoms with Crippen molar-refractivity contribution in [2.45, 2.75) is 19.4 Å². The van der Waals surface area contributed by atoms with Crippen molar-refractivity contribution in [1.82, 2.24) is 5.32 Å². The molecule has 2 nitrogen and oxygen atoms in total. The molecule has 1 aromatic carbocycles. The number of halogens is 3. The zero-order chi connectivity index (χ0) is 13.8. The van der Waals surface area contributed by atoms with E-state index in [-0.39, 0.29) is 11.3 Å². The molecule has 0 aliphatic rings. The summed E-state index contributed by atoms with van der Waals surface area (Å²) in [5, 5.41) is 3.48. The number of hydrogen-bond donors (Lipinski definition) is 1. The summed E-state index contributed by atoms with van der Waals surface area (Å²) in [7, 11) is 0. The van der Waals surface area contributed by atoms with Gasteiger partial charge in [0.1, 0.15) is 17.4 Å². The largest absolute Gasteiger partial charge is 0.448 e. The van der Waals surface area contributed by atoms with E-state index >= 15 is 0 Å². The predicted molar refractivity (Wildman–Crippen MR) is 70.2 cm³/mol. The Kier molecular flexibility index (Phi) is 4.56. The van der Waals surface area contributed by atoms with Gasteiger partial charge in [0.05, 0.1) is 6.04 Å². The van der Waals surface area contributed by atoms with Crippen molar-refractivity contribution in [2.75, 3.05) is 6.54 Å². The summed E-state index contributed by atoms with van der Waals surface area (Å²) in [4.78, 5) is 0. The number of rotatable bonds is 5. The number of benzene rings is 1. The second-order valence-electron chi connectivity index (χ2n) is 4.19. The fourth-order valence-corrected chi connectivity index (χ4v) is 2.09. The normalized spacial score (nSPS) is 12.6. The summed E-state index contributed by atoms with van der Waals surface area (Å²) in [5.74, 6) is -0.501. The molecule has 0 saturated heterocycles. The molecule has 0 aliphatic heterocycles. The Morgan fingerprint density at radius 1 is 1.26 bits per heavy atom. The Bertz CT molecular complexity index is 556. The molecule has 102 valence electrons. The SMILES string of the molecule is CCNC(Cc1ccc(F)cc1F)c1ccc(Cl)o1. The molecule has 1 N–H and O–H groups in total. The van der Waals surface area contributed by atoms with Gasteiger partial charge in [0.2, 0.25) is 0 Å². The van der Waals surface area contributed by atoms with Crippen LogP contribution in [0.25, 0.3) is 0 Å². The second kappa shape index (κ2) is 6.17. The first-order valence-electron chi connectivity index (χ1n) is 6.02. The highest BCUT2D eigenvalue weighted by Gasteiger charge is 2.17. The molecule has 1 unspecified atom stereocenters. The van der Waals surface area contributed by atoms with Gasteiger partial charge >= 0.3 is 0 Å². The van der Waals surface area contributed by atoms with Crippen molar-refractivity contribution in [3.63, 3.8) is 0 Å². The molecular weight excluding hydrogens is 272 g/mol. The molecule has 0 amide bonds. The minimum Gasteiger partial charge on any atom is -0.448 e. The maximum absolute atomic E-state index is 13.6. The van der Waals surface area contributed by atoms with Gasteiger partial charge in [-0.1, -0.05) is 13.0 Å². The number of likely N-dealkylation sites (N-methyl/N-ethyl adjacent to an activating group) is 1. The third-order valence-electron chi connectivity index (χ3n) is 2.83. The maximum Gasteiger partial charge on any atom is 0.193 e. The Labute approximate surface area is 115 Å². The molecule has 1 aromatic heterocycles. The van der Waals surface area contributed by atoms with Crippen LogP contribution in [0.4, 0.5) is 8.78 Å². The van der Waals surface area contributed by atoms with E-state index in [0.29, 0.717) is 24.3 Å². The van der Waals surface area contributed by atoms with Crippen LogP contribution in [-0.4, -0.2) is 6.54 Å². The topological polar surface area (TPSA) is 25.2 Å². The molecule has 1 heterocycles. The van der Waals surface area contributed by atoms with Crippen LogP contribution in [-0.2, 0) is 6.42 Å². The van der Waals surface area contributed by atoms with Crippen molar-refractivity contribution in [3.05, 3.63) is 58.5 Å². The summed E-state index contributed by atoms with van der Waals surface area (Å²) in [6.45, 7) is 2.64. The Hall–Kier alpha value is -1.39. The molecule has 1 atom stereocenters. The van der Waals surface area contributed by atoms with Gasteiger partial charge in [0.25, 0.3) is 0 Å². The molecule has 0 saturated carbocycles. The van der Waals surface area contributed by atoms with Crippen LogP contribution in [0.3, 0.4) is 0 Å². The molecular formula is C14H14ClF2NO. The molecule has 0 fully saturated rings. The molecule has 5 heteroatoms. The van der Waals surface area contributed by atoms with Crippen LogP contribution in [0.1, 0.15) is 24.3 Å². The zero-order valence-corrected chi connectivity index (χ0v) is 11.2. The lowest BCUT2D eigenvalue weighted by molar-refractivity contribution is 0.413. The van der Waals surface area contributed by atoms with E-state index < -0.39 is 11.6 Å². The quantitative estimate of drug-likeness (QED) is 0.894. The van der Waals surface area contributed by atoms with Crippen molar-refractivity contribution >= 4 is 11.6 Å². The highest BCUT2D eigenvalue weighted by Crippen LogP contribution is 2.24. The standard InChI is InChI=1S/C14H14ClF2NO/c1-2-18-12(13-5-6-14(15)19-13)7-9-3-4-10(16)8-11(9)17/h3-6,8,12,18H,2,7H2,1H3. The molecule has 0 radical (unpaired) electrons. The Balaban J connectivity index is 2.21. The van der Waals surface area contributed by atoms with Gasteiger partial charge in [-0.3, -0.25) is 0 Å². The minimum atomic E-state index is -0.581. The number of furan rings is 1. The first-order valence-corrected chi connectivity index (χ1v) is 6.40. The molecule has 0 spiro atoms. The first-order chi connectivity index (χ1) is 9.10. The number of hydrogen-bond acceptors (Lipinski definition) is 2. The summed E-state index contributed by atoms with van der Waals surface area (Å²) in [6, 6.07) is 6.76. The third-order valence-corrected chi connectivity index (χ3v) is 3.03. The average molecular weight is 286 g/mol. The van der Waals surface area contributed by atoms with Crippen LogP contribution in [0, 0.1) is 11.6 Å². The van der Waals surface area contributed by atoms with Crippen LogP contribution >= 0.6 is 11.6 Å². The highest BCUT2D eigenvalue weighted by atomic mass is 35.5. The lowest BCUT2D eigenvalue weighted by Crippen LogP contribution is -2.22. The van der Waals surface area contributed by atoms with Crippen molar-refractivity contribution in [1.29, 1.82) is 0 Å². The number of nitrogens with one attached hydrogen (secondary N) is 1.